The molecule has 3 heteroatoms. The van der Waals surface area contributed by atoms with Crippen molar-refractivity contribution < 1.29 is 4.79 Å². The third-order valence-electron chi connectivity index (χ3n) is 4.11. The second-order valence-electron chi connectivity index (χ2n) is 6.09. The Morgan fingerprint density at radius 1 is 1.35 bits per heavy atom. The van der Waals surface area contributed by atoms with Crippen LogP contribution in [0.4, 0.5) is 0 Å². The molecule has 2 atom stereocenters. The maximum absolute atomic E-state index is 12.0. The van der Waals surface area contributed by atoms with Crippen molar-refractivity contribution in [3.63, 3.8) is 0 Å². The third kappa shape index (κ3) is 4.30. The summed E-state index contributed by atoms with van der Waals surface area (Å²) in [5.41, 5.74) is -0.104. The molecule has 1 amide bonds. The Bertz CT molecular complexity index is 259. The minimum absolute atomic E-state index is 0.101. The molecule has 2 N–H and O–H groups in total. The quantitative estimate of drug-likeness (QED) is 0.749. The molecule has 0 radical (unpaired) electrons. The Hall–Kier alpha value is -0.570. The molecule has 2 unspecified atom stereocenters. The lowest BCUT2D eigenvalue weighted by Crippen LogP contribution is -2.53. The average Bonchev–Trinajstić information content (AvgIpc) is 2.14. The van der Waals surface area contributed by atoms with Gasteiger partial charge in [0.05, 0.1) is 6.04 Å². The Labute approximate surface area is 106 Å². The number of hydrogen-bond donors (Lipinski definition) is 2. The second kappa shape index (κ2) is 5.85. The molecular weight excluding hydrogens is 212 g/mol. The zero-order chi connectivity index (χ0) is 13.1. The lowest BCUT2D eigenvalue weighted by Gasteiger charge is -2.34. The SMILES string of the molecule is CCC(C)(C)NC(=O)C(C)NC(C)C1CCC1. The fourth-order valence-corrected chi connectivity index (χ4v) is 2.08. The molecule has 1 aliphatic carbocycles. The van der Waals surface area contributed by atoms with Gasteiger partial charge in [-0.1, -0.05) is 13.3 Å². The average molecular weight is 240 g/mol. The number of nitrogens with one attached hydrogen (secondary N) is 2. The fraction of sp³-hybridized carbons (Fsp3) is 0.929. The van der Waals surface area contributed by atoms with Crippen LogP contribution in [0, 0.1) is 5.92 Å². The second-order valence-corrected chi connectivity index (χ2v) is 6.09. The van der Waals surface area contributed by atoms with E-state index in [1.165, 1.54) is 19.3 Å². The maximum atomic E-state index is 12.0. The summed E-state index contributed by atoms with van der Waals surface area (Å²) < 4.78 is 0. The molecular formula is C14H28N2O. The number of carbonyl (C=O) groups is 1. The number of rotatable bonds is 6. The first kappa shape index (κ1) is 14.5. The van der Waals surface area contributed by atoms with Gasteiger partial charge < -0.3 is 10.6 Å². The van der Waals surface area contributed by atoms with Crippen molar-refractivity contribution in [1.29, 1.82) is 0 Å². The van der Waals surface area contributed by atoms with Crippen LogP contribution in [0.2, 0.25) is 0 Å². The number of amides is 1. The first-order valence-corrected chi connectivity index (χ1v) is 6.94. The first-order valence-electron chi connectivity index (χ1n) is 6.94. The molecule has 0 saturated heterocycles. The third-order valence-corrected chi connectivity index (χ3v) is 4.11. The Balaban J connectivity index is 2.35. The van der Waals surface area contributed by atoms with Gasteiger partial charge in [0.2, 0.25) is 5.91 Å². The van der Waals surface area contributed by atoms with Gasteiger partial charge in [0.15, 0.2) is 0 Å². The van der Waals surface area contributed by atoms with Crippen molar-refractivity contribution >= 4 is 5.91 Å². The van der Waals surface area contributed by atoms with Gasteiger partial charge in [-0.25, -0.2) is 0 Å². The summed E-state index contributed by atoms with van der Waals surface area (Å²) >= 11 is 0. The van der Waals surface area contributed by atoms with E-state index in [1.807, 2.05) is 6.92 Å². The van der Waals surface area contributed by atoms with Crippen molar-refractivity contribution in [1.82, 2.24) is 10.6 Å². The lowest BCUT2D eigenvalue weighted by molar-refractivity contribution is -0.124. The smallest absolute Gasteiger partial charge is 0.237 e. The number of carbonyl (C=O) groups excluding carboxylic acids is 1. The summed E-state index contributed by atoms with van der Waals surface area (Å²) in [7, 11) is 0. The van der Waals surface area contributed by atoms with E-state index in [4.69, 9.17) is 0 Å². The van der Waals surface area contributed by atoms with Crippen molar-refractivity contribution in [3.05, 3.63) is 0 Å². The van der Waals surface area contributed by atoms with Crippen molar-refractivity contribution in [2.75, 3.05) is 0 Å². The molecule has 0 aromatic carbocycles. The van der Waals surface area contributed by atoms with Gasteiger partial charge in [0, 0.05) is 11.6 Å². The van der Waals surface area contributed by atoms with Crippen molar-refractivity contribution in [2.24, 2.45) is 5.92 Å². The summed E-state index contributed by atoms with van der Waals surface area (Å²) in [6, 6.07) is 0.352. The summed E-state index contributed by atoms with van der Waals surface area (Å²) in [5, 5.41) is 6.50. The van der Waals surface area contributed by atoms with E-state index in [1.54, 1.807) is 0 Å². The highest BCUT2D eigenvalue weighted by Crippen LogP contribution is 2.29. The van der Waals surface area contributed by atoms with Gasteiger partial charge >= 0.3 is 0 Å². The Kier molecular flexibility index (Phi) is 4.99. The topological polar surface area (TPSA) is 41.1 Å². The van der Waals surface area contributed by atoms with E-state index >= 15 is 0 Å². The minimum Gasteiger partial charge on any atom is -0.350 e. The van der Waals surface area contributed by atoms with Crippen LogP contribution in [0.3, 0.4) is 0 Å². The normalized spacial score (nSPS) is 20.5. The monoisotopic (exact) mass is 240 g/mol. The zero-order valence-electron chi connectivity index (χ0n) is 12.0. The van der Waals surface area contributed by atoms with E-state index in [9.17, 15) is 4.79 Å². The molecule has 0 aliphatic heterocycles. The molecule has 1 fully saturated rings. The van der Waals surface area contributed by atoms with Crippen LogP contribution in [-0.2, 0) is 4.79 Å². The minimum atomic E-state index is -0.104. The highest BCUT2D eigenvalue weighted by Gasteiger charge is 2.27. The molecule has 1 saturated carbocycles. The van der Waals surface area contributed by atoms with Gasteiger partial charge in [0.1, 0.15) is 0 Å². The molecule has 0 aromatic rings. The molecule has 1 rings (SSSR count). The van der Waals surface area contributed by atoms with Gasteiger partial charge in [-0.3, -0.25) is 4.79 Å². The highest BCUT2D eigenvalue weighted by atomic mass is 16.2. The summed E-state index contributed by atoms with van der Waals surface area (Å²) in [5.74, 6) is 0.882. The fourth-order valence-electron chi connectivity index (χ4n) is 2.08. The zero-order valence-corrected chi connectivity index (χ0v) is 12.0. The first-order chi connectivity index (χ1) is 7.85. The summed E-state index contributed by atoms with van der Waals surface area (Å²) in [6.45, 7) is 10.4. The van der Waals surface area contributed by atoms with Gasteiger partial charge in [0.25, 0.3) is 0 Å². The van der Waals surface area contributed by atoms with E-state index < -0.39 is 0 Å². The van der Waals surface area contributed by atoms with E-state index in [2.05, 4.69) is 38.3 Å². The Morgan fingerprint density at radius 2 is 1.94 bits per heavy atom. The maximum Gasteiger partial charge on any atom is 0.237 e. The van der Waals surface area contributed by atoms with E-state index in [-0.39, 0.29) is 17.5 Å². The van der Waals surface area contributed by atoms with Crippen LogP contribution < -0.4 is 10.6 Å². The highest BCUT2D eigenvalue weighted by molar-refractivity contribution is 5.82. The molecule has 0 spiro atoms. The van der Waals surface area contributed by atoms with Gasteiger partial charge in [-0.15, -0.1) is 0 Å². The molecule has 3 nitrogen and oxygen atoms in total. The van der Waals surface area contributed by atoms with Crippen molar-refractivity contribution in [2.45, 2.75) is 77.9 Å². The molecule has 0 aromatic heterocycles. The molecule has 0 bridgehead atoms. The number of hydrogen-bond acceptors (Lipinski definition) is 2. The largest absolute Gasteiger partial charge is 0.350 e. The van der Waals surface area contributed by atoms with Crippen LogP contribution in [0.1, 0.15) is 60.3 Å². The van der Waals surface area contributed by atoms with Gasteiger partial charge in [-0.05, 0) is 52.9 Å². The van der Waals surface area contributed by atoms with E-state index in [0.717, 1.165) is 12.3 Å². The van der Waals surface area contributed by atoms with Crippen LogP contribution in [-0.4, -0.2) is 23.5 Å². The molecule has 17 heavy (non-hydrogen) atoms. The van der Waals surface area contributed by atoms with Crippen LogP contribution in [0.5, 0.6) is 0 Å². The molecule has 1 aliphatic rings. The van der Waals surface area contributed by atoms with Crippen LogP contribution in [0.15, 0.2) is 0 Å². The summed E-state index contributed by atoms with van der Waals surface area (Å²) in [4.78, 5) is 12.0. The lowest BCUT2D eigenvalue weighted by atomic mass is 9.80. The molecule has 100 valence electrons. The predicted octanol–water partition coefficient (Wildman–Crippen LogP) is 2.46. The Morgan fingerprint density at radius 3 is 2.35 bits per heavy atom. The van der Waals surface area contributed by atoms with E-state index in [0.29, 0.717) is 6.04 Å². The summed E-state index contributed by atoms with van der Waals surface area (Å²) in [6.07, 6.45) is 4.91. The standard InChI is InChI=1S/C14H28N2O/c1-6-14(4,5)16-13(17)11(3)15-10(2)12-8-7-9-12/h10-12,15H,6-9H2,1-5H3,(H,16,17). The molecule has 0 heterocycles. The predicted molar refractivity (Wildman–Crippen MR) is 71.9 cm³/mol. The van der Waals surface area contributed by atoms with Crippen LogP contribution in [0.25, 0.3) is 0 Å². The van der Waals surface area contributed by atoms with Crippen molar-refractivity contribution in [3.8, 4) is 0 Å². The van der Waals surface area contributed by atoms with Gasteiger partial charge in [-0.2, -0.15) is 0 Å². The van der Waals surface area contributed by atoms with Crippen LogP contribution >= 0.6 is 0 Å².